The zero-order chi connectivity index (χ0) is 41.1. The fraction of sp³-hybridized carbons (Fsp3) is 0.884. The molecule has 1 aliphatic heterocycles. The van der Waals surface area contributed by atoms with Gasteiger partial charge < -0.3 is 40.2 Å². The first-order chi connectivity index (χ1) is 27.1. The third kappa shape index (κ3) is 29.9. The van der Waals surface area contributed by atoms with Gasteiger partial charge >= 0.3 is 13.8 Å². The van der Waals surface area contributed by atoms with Gasteiger partial charge in [0.1, 0.15) is 6.10 Å². The highest BCUT2D eigenvalue weighted by molar-refractivity contribution is 7.47. The van der Waals surface area contributed by atoms with Crippen molar-refractivity contribution < 1.29 is 52.8 Å². The van der Waals surface area contributed by atoms with E-state index in [2.05, 4.69) is 13.8 Å². The van der Waals surface area contributed by atoms with E-state index in [0.29, 0.717) is 32.3 Å². The Morgan fingerprint density at radius 2 is 1.39 bits per heavy atom. The number of phosphoric acid groups is 1. The lowest BCUT2D eigenvalue weighted by Crippen LogP contribution is -2.43. The van der Waals surface area contributed by atoms with E-state index in [1.807, 2.05) is 12.2 Å². The average molecular weight is 820 g/mol. The largest absolute Gasteiger partial charge is 0.472 e. The fourth-order valence-electron chi connectivity index (χ4n) is 6.80. The number of hydrogen-bond acceptors (Lipinski definition) is 11. The Labute approximate surface area is 339 Å². The number of allylic oxidation sites excluding steroid dienone is 2. The number of phosphoric ester groups is 1. The van der Waals surface area contributed by atoms with Gasteiger partial charge in [-0.05, 0) is 32.1 Å². The molecule has 1 rings (SSSR count). The number of ether oxygens (including phenoxy) is 3. The van der Waals surface area contributed by atoms with Crippen molar-refractivity contribution in [2.45, 2.75) is 205 Å². The number of esters is 1. The first-order valence-electron chi connectivity index (χ1n) is 22.2. The molecule has 0 aromatic rings. The summed E-state index contributed by atoms with van der Waals surface area (Å²) in [6.07, 6.45) is 29.6. The van der Waals surface area contributed by atoms with E-state index < -0.39 is 44.5 Å². The van der Waals surface area contributed by atoms with Crippen molar-refractivity contribution in [2.24, 2.45) is 11.7 Å². The number of aliphatic hydroxyl groups is 3. The molecule has 0 aromatic carbocycles. The Morgan fingerprint density at radius 3 is 2.00 bits per heavy atom. The lowest BCUT2D eigenvalue weighted by Gasteiger charge is -2.36. The highest BCUT2D eigenvalue weighted by Gasteiger charge is 2.35. The summed E-state index contributed by atoms with van der Waals surface area (Å²) in [5.74, 6) is -0.753. The van der Waals surface area contributed by atoms with Gasteiger partial charge in [0.25, 0.3) is 0 Å². The van der Waals surface area contributed by atoms with E-state index >= 15 is 0 Å². The molecule has 13 heteroatoms. The predicted octanol–water partition coefficient (Wildman–Crippen LogP) is 8.97. The quantitative estimate of drug-likeness (QED) is 0.0173. The maximum atomic E-state index is 12.7. The summed E-state index contributed by atoms with van der Waals surface area (Å²) in [4.78, 5) is 22.6. The van der Waals surface area contributed by atoms with Crippen LogP contribution in [0.2, 0.25) is 0 Å². The summed E-state index contributed by atoms with van der Waals surface area (Å²) >= 11 is 0. The highest BCUT2D eigenvalue weighted by atomic mass is 31.2. The molecule has 7 atom stereocenters. The van der Waals surface area contributed by atoms with Crippen molar-refractivity contribution in [3.05, 3.63) is 24.3 Å². The van der Waals surface area contributed by atoms with E-state index in [9.17, 15) is 29.6 Å². The van der Waals surface area contributed by atoms with Crippen LogP contribution in [-0.4, -0.2) is 89.9 Å². The first kappa shape index (κ1) is 52.8. The molecule has 1 aliphatic rings. The monoisotopic (exact) mass is 820 g/mol. The lowest BCUT2D eigenvalue weighted by atomic mass is 9.87. The van der Waals surface area contributed by atoms with Crippen LogP contribution in [0.4, 0.5) is 0 Å². The predicted molar refractivity (Wildman–Crippen MR) is 223 cm³/mol. The van der Waals surface area contributed by atoms with Crippen LogP contribution >= 0.6 is 7.82 Å². The van der Waals surface area contributed by atoms with E-state index in [-0.39, 0.29) is 45.1 Å². The number of carbonyl (C=O) groups is 1. The molecule has 56 heavy (non-hydrogen) atoms. The van der Waals surface area contributed by atoms with Gasteiger partial charge in [-0.1, -0.05) is 154 Å². The smallest absolute Gasteiger partial charge is 0.457 e. The van der Waals surface area contributed by atoms with Gasteiger partial charge in [-0.25, -0.2) is 4.57 Å². The minimum absolute atomic E-state index is 0.0349. The SMILES string of the molecule is CCCCCCCCCCCCCCCCCCOCC(COP(=O)(O)OCCN)OC(=O)CCC/C=C\CC1C(O)CC(O)OC1/C=C/C(O)CCCCC. The number of unbranched alkanes of at least 4 members (excludes halogenated alkanes) is 18. The third-order valence-corrected chi connectivity index (χ3v) is 11.2. The van der Waals surface area contributed by atoms with Crippen molar-refractivity contribution in [1.82, 2.24) is 0 Å². The number of carbonyl (C=O) groups excluding carboxylic acids is 1. The second-order valence-electron chi connectivity index (χ2n) is 15.4. The molecule has 1 heterocycles. The minimum Gasteiger partial charge on any atom is -0.457 e. The molecule has 0 bridgehead atoms. The van der Waals surface area contributed by atoms with E-state index in [0.717, 1.165) is 38.5 Å². The second kappa shape index (κ2) is 35.7. The summed E-state index contributed by atoms with van der Waals surface area (Å²) in [7, 11) is -4.35. The van der Waals surface area contributed by atoms with Crippen molar-refractivity contribution in [2.75, 3.05) is 33.0 Å². The second-order valence-corrected chi connectivity index (χ2v) is 16.9. The molecule has 0 aliphatic carbocycles. The lowest BCUT2D eigenvalue weighted by molar-refractivity contribution is -0.199. The standard InChI is InChI=1S/C43H82NO11P/c1-3-5-7-8-9-10-11-12-13-14-15-16-17-18-21-25-32-51-35-38(36-53-56(49,50)52-33-31-44)54-42(47)28-24-20-19-23-27-39-40(46)34-43(48)55-41(39)30-29-37(45)26-22-6-4-2/h19,23,29-30,37-41,43,45-46,48H,3-18,20-22,24-28,31-36,44H2,1-2H3,(H,49,50)/b23-19-,30-29+. The van der Waals surface area contributed by atoms with E-state index in [4.69, 9.17) is 29.0 Å². The van der Waals surface area contributed by atoms with Crippen LogP contribution in [0.25, 0.3) is 0 Å². The summed E-state index contributed by atoms with van der Waals surface area (Å²) in [5, 5.41) is 31.0. The van der Waals surface area contributed by atoms with Crippen LogP contribution < -0.4 is 5.73 Å². The average Bonchev–Trinajstić information content (AvgIpc) is 3.16. The highest BCUT2D eigenvalue weighted by Crippen LogP contribution is 2.43. The number of aliphatic hydroxyl groups excluding tert-OH is 3. The van der Waals surface area contributed by atoms with Crippen LogP contribution in [0.3, 0.4) is 0 Å². The summed E-state index contributed by atoms with van der Waals surface area (Å²) in [5.41, 5.74) is 5.37. The zero-order valence-corrected chi connectivity index (χ0v) is 36.1. The maximum Gasteiger partial charge on any atom is 0.472 e. The molecule has 0 saturated carbocycles. The molecule has 7 unspecified atom stereocenters. The molecular formula is C43H82NO11P. The van der Waals surface area contributed by atoms with Gasteiger partial charge in [-0.2, -0.15) is 0 Å². The molecule has 0 radical (unpaired) electrons. The zero-order valence-electron chi connectivity index (χ0n) is 35.2. The summed E-state index contributed by atoms with van der Waals surface area (Å²) in [6.45, 7) is 4.46. The Balaban J connectivity index is 2.37. The topological polar surface area (TPSA) is 187 Å². The summed E-state index contributed by atoms with van der Waals surface area (Å²) < 4.78 is 39.1. The molecule has 12 nitrogen and oxygen atoms in total. The van der Waals surface area contributed by atoms with Gasteiger partial charge in [-0.3, -0.25) is 13.8 Å². The van der Waals surface area contributed by atoms with E-state index in [1.54, 1.807) is 12.2 Å². The molecule has 330 valence electrons. The molecule has 6 N–H and O–H groups in total. The third-order valence-electron chi connectivity index (χ3n) is 10.2. The van der Waals surface area contributed by atoms with Crippen molar-refractivity contribution >= 4 is 13.8 Å². The van der Waals surface area contributed by atoms with Crippen LogP contribution in [0.15, 0.2) is 24.3 Å². The van der Waals surface area contributed by atoms with Gasteiger partial charge in [0, 0.05) is 31.9 Å². The molecule has 0 amide bonds. The Hall–Kier alpha value is -1.18. The van der Waals surface area contributed by atoms with Crippen LogP contribution in [0.1, 0.15) is 174 Å². The maximum absolute atomic E-state index is 12.7. The Morgan fingerprint density at radius 1 is 0.804 bits per heavy atom. The van der Waals surface area contributed by atoms with E-state index in [1.165, 1.54) is 83.5 Å². The number of rotatable bonds is 38. The first-order valence-corrected chi connectivity index (χ1v) is 23.7. The van der Waals surface area contributed by atoms with Gasteiger partial charge in [0.2, 0.25) is 0 Å². The van der Waals surface area contributed by atoms with Gasteiger partial charge in [-0.15, -0.1) is 0 Å². The number of hydrogen-bond donors (Lipinski definition) is 5. The molecular weight excluding hydrogens is 737 g/mol. The van der Waals surface area contributed by atoms with Crippen molar-refractivity contribution in [3.63, 3.8) is 0 Å². The van der Waals surface area contributed by atoms with Gasteiger partial charge in [0.05, 0.1) is 38.1 Å². The normalized spacial score (nSPS) is 21.1. The summed E-state index contributed by atoms with van der Waals surface area (Å²) in [6, 6.07) is 0. The minimum atomic E-state index is -4.35. The molecule has 0 aromatic heterocycles. The fourth-order valence-corrected chi connectivity index (χ4v) is 7.57. The van der Waals surface area contributed by atoms with Crippen LogP contribution in [0, 0.1) is 5.92 Å². The molecule has 0 spiro atoms. The molecule has 1 fully saturated rings. The van der Waals surface area contributed by atoms with Crippen LogP contribution in [-0.2, 0) is 32.6 Å². The Bertz CT molecular complexity index is 1030. The van der Waals surface area contributed by atoms with Gasteiger partial charge in [0.15, 0.2) is 6.29 Å². The van der Waals surface area contributed by atoms with Crippen LogP contribution in [0.5, 0.6) is 0 Å². The van der Waals surface area contributed by atoms with Crippen molar-refractivity contribution in [3.8, 4) is 0 Å². The molecule has 1 saturated heterocycles. The van der Waals surface area contributed by atoms with Crippen molar-refractivity contribution in [1.29, 1.82) is 0 Å². The Kier molecular flexibility index (Phi) is 33.7. The number of nitrogens with two attached hydrogens (primary N) is 1.